The molecule has 1 aliphatic carbocycles. The fourth-order valence-electron chi connectivity index (χ4n) is 6.79. The van der Waals surface area contributed by atoms with Crippen molar-refractivity contribution in [2.45, 2.75) is 204 Å². The number of unbranched alkanes of at least 4 members (excludes halogenated alkanes) is 14. The number of aliphatic hydroxyl groups is 4. The van der Waals surface area contributed by atoms with Gasteiger partial charge in [-0.05, 0) is 70.3 Å². The minimum Gasteiger partial charge on any atom is -0.462 e. The van der Waals surface area contributed by atoms with Crippen LogP contribution in [-0.4, -0.2) is 109 Å². The summed E-state index contributed by atoms with van der Waals surface area (Å²) in [5.74, 6) is -1.31. The molecule has 1 saturated carbocycles. The number of carbonyl (C=O) groups excluding carboxylic acids is 3. The summed E-state index contributed by atoms with van der Waals surface area (Å²) in [6, 6.07) is 0. The summed E-state index contributed by atoms with van der Waals surface area (Å²) in [6.45, 7) is 2.90. The van der Waals surface area contributed by atoms with Crippen LogP contribution in [0.5, 0.6) is 0 Å². The van der Waals surface area contributed by atoms with E-state index in [0.717, 1.165) is 51.4 Å². The van der Waals surface area contributed by atoms with Gasteiger partial charge in [0.1, 0.15) is 43.2 Å². The number of rotatable bonds is 39. The highest BCUT2D eigenvalue weighted by molar-refractivity contribution is 7.47. The van der Waals surface area contributed by atoms with E-state index in [1.165, 1.54) is 44.9 Å². The highest BCUT2D eigenvalue weighted by Gasteiger charge is 2.54. The standard InChI is InChI=1S/C47H80O17P2/c1-3-5-7-9-11-12-13-14-15-16-17-18-19-20-22-26-31-35-41(50)62-39(36-60-40(49)34-30-27-23-25-29-33-38(48)32-28-24-21-10-8-6-4-2)37-61-66(58,59)64-47-44(53)42(51)43(52)46(45(47)54)63-65(55,56)57/h14-15,17-18,20-22,24,28,32,39,42-47,51-54H,3-13,16,19,23,25-27,29-31,33-37H2,1-2H3,(H,58,59)(H2,55,56,57)/b15-14-,18-17-,22-20-,24-21-,32-28+/t39-,42?,43?,44?,45?,46-,47+/m1/s1. The smallest absolute Gasteiger partial charge is 0.462 e. The van der Waals surface area contributed by atoms with E-state index >= 15 is 0 Å². The van der Waals surface area contributed by atoms with Crippen molar-refractivity contribution in [1.82, 2.24) is 0 Å². The Hall–Kier alpha value is -2.63. The molecule has 8 atom stereocenters. The molecule has 0 aliphatic heterocycles. The lowest BCUT2D eigenvalue weighted by Crippen LogP contribution is -2.64. The number of allylic oxidation sites excluding steroid dienone is 10. The zero-order valence-electron chi connectivity index (χ0n) is 39.1. The number of phosphoric acid groups is 2. The Labute approximate surface area is 392 Å². The normalized spacial score (nSPS) is 22.0. The van der Waals surface area contributed by atoms with Crippen LogP contribution in [0.1, 0.15) is 162 Å². The van der Waals surface area contributed by atoms with Crippen LogP contribution in [0.15, 0.2) is 60.8 Å². The van der Waals surface area contributed by atoms with E-state index in [0.29, 0.717) is 38.5 Å². The first kappa shape index (κ1) is 61.4. The molecule has 0 bridgehead atoms. The number of hydrogen-bond acceptors (Lipinski definition) is 14. The molecule has 380 valence electrons. The predicted molar refractivity (Wildman–Crippen MR) is 251 cm³/mol. The zero-order valence-corrected chi connectivity index (χ0v) is 40.9. The Bertz CT molecular complexity index is 1570. The maximum atomic E-state index is 13.0. The van der Waals surface area contributed by atoms with Crippen LogP contribution < -0.4 is 0 Å². The largest absolute Gasteiger partial charge is 0.472 e. The van der Waals surface area contributed by atoms with E-state index in [4.69, 9.17) is 28.3 Å². The highest BCUT2D eigenvalue weighted by atomic mass is 31.2. The van der Waals surface area contributed by atoms with Gasteiger partial charge in [0.05, 0.1) is 6.61 Å². The molecule has 1 aliphatic rings. The van der Waals surface area contributed by atoms with Crippen LogP contribution in [0.2, 0.25) is 0 Å². The minimum absolute atomic E-state index is 0.0242. The van der Waals surface area contributed by atoms with Crippen molar-refractivity contribution in [2.75, 3.05) is 13.2 Å². The van der Waals surface area contributed by atoms with Crippen molar-refractivity contribution in [3.63, 3.8) is 0 Å². The van der Waals surface area contributed by atoms with Crippen molar-refractivity contribution in [1.29, 1.82) is 0 Å². The third kappa shape index (κ3) is 31.4. The van der Waals surface area contributed by atoms with Crippen LogP contribution in [-0.2, 0) is 46.6 Å². The van der Waals surface area contributed by atoms with E-state index < -0.39 is 83.5 Å². The van der Waals surface area contributed by atoms with E-state index in [2.05, 4.69) is 48.8 Å². The van der Waals surface area contributed by atoms with E-state index in [-0.39, 0.29) is 18.6 Å². The fourth-order valence-corrected chi connectivity index (χ4v) is 8.33. The molecule has 0 aromatic heterocycles. The summed E-state index contributed by atoms with van der Waals surface area (Å²) in [7, 11) is -10.7. The van der Waals surface area contributed by atoms with Crippen molar-refractivity contribution in [3.8, 4) is 0 Å². The maximum Gasteiger partial charge on any atom is 0.472 e. The van der Waals surface area contributed by atoms with Gasteiger partial charge in [0.25, 0.3) is 0 Å². The molecule has 0 amide bonds. The van der Waals surface area contributed by atoms with E-state index in [1.54, 1.807) is 12.2 Å². The first-order valence-electron chi connectivity index (χ1n) is 23.8. The highest BCUT2D eigenvalue weighted by Crippen LogP contribution is 2.49. The Balaban J connectivity index is 2.67. The van der Waals surface area contributed by atoms with Crippen molar-refractivity contribution in [3.05, 3.63) is 60.8 Å². The summed E-state index contributed by atoms with van der Waals surface area (Å²) < 4.78 is 49.2. The first-order chi connectivity index (χ1) is 31.5. The Kier molecular flexibility index (Phi) is 34.7. The average Bonchev–Trinajstić information content (AvgIpc) is 3.27. The van der Waals surface area contributed by atoms with Gasteiger partial charge in [-0.3, -0.25) is 28.0 Å². The molecule has 66 heavy (non-hydrogen) atoms. The Morgan fingerprint density at radius 2 is 1.03 bits per heavy atom. The molecule has 17 nitrogen and oxygen atoms in total. The number of phosphoric ester groups is 2. The SMILES string of the molecule is CCCCC/C=C\C=C\C(=O)CCCCCCCC(=O)OC[C@H](COP(=O)(O)O[C@H]1C(O)C(O)C(O)[C@@H](OP(=O)(O)O)C1O)OC(=O)CCC/C=C\C/C=C\C/C=C\CCCCCCCC. The summed E-state index contributed by atoms with van der Waals surface area (Å²) in [6.07, 6.45) is 24.4. The molecule has 0 aromatic rings. The summed E-state index contributed by atoms with van der Waals surface area (Å²) in [5.41, 5.74) is 0. The van der Waals surface area contributed by atoms with Crippen molar-refractivity contribution >= 4 is 33.4 Å². The lowest BCUT2D eigenvalue weighted by Gasteiger charge is -2.43. The molecule has 19 heteroatoms. The van der Waals surface area contributed by atoms with Crippen LogP contribution in [0.25, 0.3) is 0 Å². The summed E-state index contributed by atoms with van der Waals surface area (Å²) >= 11 is 0. The second-order valence-corrected chi connectivity index (χ2v) is 19.1. The van der Waals surface area contributed by atoms with Crippen LogP contribution >= 0.6 is 15.6 Å². The molecule has 0 heterocycles. The van der Waals surface area contributed by atoms with Gasteiger partial charge in [-0.1, -0.05) is 133 Å². The predicted octanol–water partition coefficient (Wildman–Crippen LogP) is 8.24. The molecule has 0 spiro atoms. The molecular weight excluding hydrogens is 898 g/mol. The molecule has 0 aromatic carbocycles. The average molecular weight is 979 g/mol. The third-order valence-corrected chi connectivity index (χ3v) is 12.0. The number of hydrogen-bond donors (Lipinski definition) is 7. The molecular formula is C47H80O17P2. The topological polar surface area (TPSA) is 273 Å². The molecule has 7 N–H and O–H groups in total. The number of esters is 2. The number of aliphatic hydroxyl groups excluding tert-OH is 4. The quantitative estimate of drug-likeness (QED) is 0.00763. The van der Waals surface area contributed by atoms with Gasteiger partial charge in [-0.25, -0.2) is 9.13 Å². The van der Waals surface area contributed by atoms with Crippen molar-refractivity contribution in [2.24, 2.45) is 0 Å². The fraction of sp³-hybridized carbons (Fsp3) is 0.723. The Morgan fingerprint density at radius 3 is 1.67 bits per heavy atom. The molecule has 0 saturated heterocycles. The lowest BCUT2D eigenvalue weighted by molar-refractivity contribution is -0.216. The third-order valence-electron chi connectivity index (χ3n) is 10.5. The second kappa shape index (κ2) is 37.3. The number of ketones is 1. The maximum absolute atomic E-state index is 13.0. The molecule has 0 radical (unpaired) electrons. The van der Waals surface area contributed by atoms with Crippen LogP contribution in [0.3, 0.4) is 0 Å². The minimum atomic E-state index is -5.38. The zero-order chi connectivity index (χ0) is 49.1. The lowest BCUT2D eigenvalue weighted by atomic mass is 9.85. The van der Waals surface area contributed by atoms with Gasteiger partial charge in [0.15, 0.2) is 11.9 Å². The summed E-state index contributed by atoms with van der Waals surface area (Å²) in [5, 5.41) is 41.2. The molecule has 5 unspecified atom stereocenters. The van der Waals surface area contributed by atoms with Gasteiger partial charge < -0.3 is 44.6 Å². The molecule has 1 fully saturated rings. The monoisotopic (exact) mass is 978 g/mol. The van der Waals surface area contributed by atoms with Gasteiger partial charge in [-0.15, -0.1) is 0 Å². The molecule has 1 rings (SSSR count). The van der Waals surface area contributed by atoms with E-state index in [1.807, 2.05) is 18.2 Å². The first-order valence-corrected chi connectivity index (χ1v) is 26.8. The summed E-state index contributed by atoms with van der Waals surface area (Å²) in [4.78, 5) is 66.3. The van der Waals surface area contributed by atoms with Gasteiger partial charge >= 0.3 is 27.6 Å². The second-order valence-electron chi connectivity index (χ2n) is 16.5. The number of carbonyl (C=O) groups is 3. The van der Waals surface area contributed by atoms with Crippen LogP contribution in [0, 0.1) is 0 Å². The van der Waals surface area contributed by atoms with Crippen molar-refractivity contribution < 1.29 is 81.7 Å². The van der Waals surface area contributed by atoms with Crippen LogP contribution in [0.4, 0.5) is 0 Å². The van der Waals surface area contributed by atoms with Gasteiger partial charge in [-0.2, -0.15) is 0 Å². The van der Waals surface area contributed by atoms with Gasteiger partial charge in [0, 0.05) is 19.3 Å². The van der Waals surface area contributed by atoms with Gasteiger partial charge in [0.2, 0.25) is 0 Å². The Morgan fingerprint density at radius 1 is 0.530 bits per heavy atom. The number of ether oxygens (including phenoxy) is 2. The van der Waals surface area contributed by atoms with E-state index in [9.17, 15) is 48.8 Å².